The van der Waals surface area contributed by atoms with Crippen molar-refractivity contribution in [3.63, 3.8) is 0 Å². The lowest BCUT2D eigenvalue weighted by Crippen LogP contribution is -2.60. The second-order valence-electron chi connectivity index (χ2n) is 24.1. The molecule has 0 radical (unpaired) electrons. The number of ether oxygens (including phenoxy) is 4. The first kappa shape index (κ1) is 61.6. The summed E-state index contributed by atoms with van der Waals surface area (Å²) in [5, 5.41) is 3.19. The van der Waals surface area contributed by atoms with Crippen LogP contribution in [-0.2, 0) is 0 Å². The number of rotatable bonds is 26. The van der Waals surface area contributed by atoms with Crippen molar-refractivity contribution in [3.8, 4) is 68.5 Å². The molecule has 0 atom stereocenters. The molecule has 3 aromatic heterocycles. The van der Waals surface area contributed by atoms with Gasteiger partial charge in [-0.1, -0.05) is 157 Å². The first-order valence-electron chi connectivity index (χ1n) is 33.1. The smallest absolute Gasteiger partial charge is 0.164 e. The van der Waals surface area contributed by atoms with Crippen molar-refractivity contribution in [1.82, 2.24) is 39.9 Å². The highest BCUT2D eigenvalue weighted by Crippen LogP contribution is 2.95. The van der Waals surface area contributed by atoms with E-state index in [2.05, 4.69) is 154 Å². The number of unbranched alkanes of at least 4 members (excludes halogenated alkanes) is 4. The van der Waals surface area contributed by atoms with Gasteiger partial charge in [0.1, 0.15) is 45.6 Å². The molecule has 2 aliphatic rings. The molecule has 0 saturated carbocycles. The summed E-state index contributed by atoms with van der Waals surface area (Å²) in [6.07, 6.45) is 7.69. The van der Waals surface area contributed by atoms with E-state index >= 15 is 0 Å². The van der Waals surface area contributed by atoms with E-state index in [0.29, 0.717) is 82.6 Å². The van der Waals surface area contributed by atoms with Crippen LogP contribution < -0.4 is 37.8 Å². The Morgan fingerprint density at radius 3 is 0.968 bits per heavy atom. The van der Waals surface area contributed by atoms with Crippen LogP contribution >= 0.6 is 9.04 Å². The molecular weight excluding hydrogens is 1200 g/mol. The van der Waals surface area contributed by atoms with Crippen molar-refractivity contribution < 1.29 is 18.9 Å². The van der Waals surface area contributed by atoms with Crippen molar-refractivity contribution in [2.24, 2.45) is 0 Å². The fourth-order valence-electron chi connectivity index (χ4n) is 12.6. The fourth-order valence-corrected chi connectivity index (χ4v) is 18.9. The Morgan fingerprint density at radius 1 is 0.305 bits per heavy atom. The molecule has 0 unspecified atom stereocenters. The van der Waals surface area contributed by atoms with Crippen LogP contribution in [-0.4, -0.2) is 66.3 Å². The zero-order chi connectivity index (χ0) is 64.7. The van der Waals surface area contributed by atoms with Gasteiger partial charge in [0, 0.05) is 71.4 Å². The van der Waals surface area contributed by atoms with Crippen molar-refractivity contribution in [3.05, 3.63) is 218 Å². The number of benzene rings is 9. The minimum absolute atomic E-state index is 0.444. The normalized spacial score (nSPS) is 12.5. The molecule has 8 bridgehead atoms. The predicted octanol–water partition coefficient (Wildman–Crippen LogP) is 20.0. The second kappa shape index (κ2) is 26.2. The first-order valence-corrected chi connectivity index (χ1v) is 35.6. The summed E-state index contributed by atoms with van der Waals surface area (Å²) in [6.45, 7) is 11.0. The van der Waals surface area contributed by atoms with Crippen LogP contribution in [0.5, 0.6) is 23.0 Å². The van der Waals surface area contributed by atoms with Crippen LogP contribution in [0.25, 0.3) is 89.7 Å². The predicted molar refractivity (Wildman–Crippen MR) is 388 cm³/mol. The van der Waals surface area contributed by atoms with Gasteiger partial charge in [-0.25, -0.2) is 29.9 Å². The monoisotopic (exact) mass is 1280 g/mol. The standard InChI is InChI=1S/C78H78N12O4S/c1-5-9-49-91-57-41-33-53(34-42-57)87-95(61-23-14-13-15-24-61,88-54-35-43-58(44-36-54)92-50-10-6-2,89-55-37-45-59(46-38-55)93-51-11-7-3,90-56-39-47-60(48-40-56)94-52-12-8-4)69-32-22-31-68-70(69)78-85-76-67-30-21-20-29-66(67)74(83-76)81-72-63-26-17-16-25-62(63)71(79-72)80-73-64-27-18-19-28-65(64)75(82-73)84-77(68)86-78/h13-48,87-90H,5-12,49-52H2,1-4H3,(H2,79,80,81,82,83,84,85,86). The van der Waals surface area contributed by atoms with Crippen LogP contribution in [0, 0.1) is 0 Å². The SMILES string of the molecule is CCCCOc1ccc(NS(Nc2ccc(OCCCC)cc2)(Nc2ccc(OCCCC)cc2)(Nc2ccc(OCCCC)cc2)(c2ccccc2)c2cccc3c4nc5nc(nc6[nH]c(nc7nc(nc([nH]4)c23)-c2ccccc2-7)c2ccccc62)-c2ccccc2-5)cc1. The van der Waals surface area contributed by atoms with Crippen molar-refractivity contribution in [2.45, 2.75) is 88.9 Å². The Hall–Kier alpha value is -10.9. The van der Waals surface area contributed by atoms with E-state index in [9.17, 15) is 0 Å². The summed E-state index contributed by atoms with van der Waals surface area (Å²) < 4.78 is 43.7. The third-order valence-electron chi connectivity index (χ3n) is 17.4. The van der Waals surface area contributed by atoms with E-state index in [0.717, 1.165) is 140 Å². The Kier molecular flexibility index (Phi) is 17.0. The molecule has 6 N–H and O–H groups in total. The van der Waals surface area contributed by atoms with Gasteiger partial charge in [0.15, 0.2) is 23.3 Å². The second-order valence-corrected chi connectivity index (χ2v) is 28.9. The molecule has 9 aromatic carbocycles. The topological polar surface area (TPSA) is 194 Å². The van der Waals surface area contributed by atoms with Crippen molar-refractivity contribution in [2.75, 3.05) is 45.3 Å². The Morgan fingerprint density at radius 2 is 0.611 bits per heavy atom. The first-order chi connectivity index (χ1) is 46.7. The molecular formula is C78H78N12O4S. The van der Waals surface area contributed by atoms with E-state index in [1.807, 2.05) is 121 Å². The lowest BCUT2D eigenvalue weighted by Gasteiger charge is -2.82. The lowest BCUT2D eigenvalue weighted by molar-refractivity contribution is 0.309. The summed E-state index contributed by atoms with van der Waals surface area (Å²) in [5.41, 5.74) is 8.36. The largest absolute Gasteiger partial charge is 0.494 e. The Bertz CT molecular complexity index is 4670. The van der Waals surface area contributed by atoms with Gasteiger partial charge < -0.3 is 47.8 Å². The van der Waals surface area contributed by atoms with Gasteiger partial charge >= 0.3 is 0 Å². The summed E-state index contributed by atoms with van der Waals surface area (Å²) in [6, 6.07) is 74.2. The van der Waals surface area contributed by atoms with E-state index in [-0.39, 0.29) is 0 Å². The van der Waals surface area contributed by atoms with E-state index in [1.54, 1.807) is 0 Å². The minimum Gasteiger partial charge on any atom is -0.494 e. The number of aromatic amines is 2. The number of fused-ring (bicyclic) bond motifs is 20. The highest BCUT2D eigenvalue weighted by molar-refractivity contribution is 8.68. The van der Waals surface area contributed by atoms with Gasteiger partial charge in [-0.2, -0.15) is 0 Å². The minimum atomic E-state index is -5.81. The van der Waals surface area contributed by atoms with Crippen LogP contribution in [0.3, 0.4) is 0 Å². The van der Waals surface area contributed by atoms with Gasteiger partial charge in [0.2, 0.25) is 0 Å². The van der Waals surface area contributed by atoms with Gasteiger partial charge in [0.05, 0.1) is 31.3 Å². The summed E-state index contributed by atoms with van der Waals surface area (Å²) >= 11 is 0. The Labute approximate surface area is 552 Å². The number of anilines is 4. The maximum atomic E-state index is 6.42. The summed E-state index contributed by atoms with van der Waals surface area (Å²) in [4.78, 5) is 41.8. The number of hydrogen-bond acceptors (Lipinski definition) is 14. The van der Waals surface area contributed by atoms with Crippen LogP contribution in [0.1, 0.15) is 79.1 Å². The third-order valence-corrected chi connectivity index (χ3v) is 23.3. The molecule has 480 valence electrons. The van der Waals surface area contributed by atoms with Crippen LogP contribution in [0.4, 0.5) is 22.7 Å². The lowest BCUT2D eigenvalue weighted by atomic mass is 10.1. The number of nitrogens with one attached hydrogen (secondary N) is 6. The third kappa shape index (κ3) is 11.7. The quantitative estimate of drug-likeness (QED) is 0.0280. The van der Waals surface area contributed by atoms with Gasteiger partial charge in [0.25, 0.3) is 0 Å². The molecule has 12 aromatic rings. The zero-order valence-corrected chi connectivity index (χ0v) is 54.8. The van der Waals surface area contributed by atoms with Crippen molar-refractivity contribution >= 4 is 75.9 Å². The summed E-state index contributed by atoms with van der Waals surface area (Å²) in [5.74, 6) is 4.88. The summed E-state index contributed by atoms with van der Waals surface area (Å²) in [7, 11) is -5.81. The van der Waals surface area contributed by atoms with E-state index < -0.39 is 9.04 Å². The molecule has 5 heterocycles. The highest BCUT2D eigenvalue weighted by atomic mass is 32.4. The van der Waals surface area contributed by atoms with Crippen LogP contribution in [0.2, 0.25) is 0 Å². The van der Waals surface area contributed by atoms with E-state index in [1.165, 1.54) is 0 Å². The number of H-pyrrole nitrogens is 2. The average Bonchev–Trinajstić information content (AvgIpc) is 1.04. The molecule has 0 amide bonds. The molecule has 17 heteroatoms. The molecule has 0 saturated heterocycles. The molecule has 0 aliphatic carbocycles. The van der Waals surface area contributed by atoms with Gasteiger partial charge in [-0.3, -0.25) is 0 Å². The number of aromatic nitrogens is 8. The highest BCUT2D eigenvalue weighted by Gasteiger charge is 2.64. The maximum Gasteiger partial charge on any atom is 0.164 e. The zero-order valence-electron chi connectivity index (χ0n) is 54.0. The molecule has 14 rings (SSSR count). The van der Waals surface area contributed by atoms with Gasteiger partial charge in [-0.15, -0.1) is 0 Å². The molecule has 2 aliphatic heterocycles. The fraction of sp³-hybridized carbons (Fsp3) is 0.205. The number of nitrogens with zero attached hydrogens (tertiary/aromatic N) is 6. The number of hydrogen-bond donors (Lipinski definition) is 6. The molecule has 95 heavy (non-hydrogen) atoms. The Balaban J connectivity index is 1.17. The molecule has 0 fully saturated rings. The molecule has 0 spiro atoms. The van der Waals surface area contributed by atoms with E-state index in [4.69, 9.17) is 48.9 Å². The van der Waals surface area contributed by atoms with Crippen molar-refractivity contribution in [1.29, 1.82) is 0 Å². The molecule has 16 nitrogen and oxygen atoms in total. The average molecular weight is 1280 g/mol. The maximum absolute atomic E-state index is 6.42. The van der Waals surface area contributed by atoms with Gasteiger partial charge in [-0.05, 0) is 150 Å². The van der Waals surface area contributed by atoms with Crippen LogP contribution in [0.15, 0.2) is 228 Å².